The van der Waals surface area contributed by atoms with Crippen LogP contribution >= 0.6 is 0 Å². The fourth-order valence-corrected chi connectivity index (χ4v) is 1.61. The molecular formula is C10H12O6S. The zero-order chi connectivity index (χ0) is 12.9. The van der Waals surface area contributed by atoms with E-state index in [1.54, 1.807) is 12.1 Å². The average Bonchev–Trinajstić information content (AvgIpc) is 2.23. The molecule has 0 fully saturated rings. The number of phenols is 1. The molecule has 0 amide bonds. The summed E-state index contributed by atoms with van der Waals surface area (Å²) in [6.07, 6.45) is -0.00182. The zero-order valence-corrected chi connectivity index (χ0v) is 9.68. The normalized spacial score (nSPS) is 11.1. The smallest absolute Gasteiger partial charge is 0.341 e. The quantitative estimate of drug-likeness (QED) is 0.462. The van der Waals surface area contributed by atoms with Gasteiger partial charge in [0.25, 0.3) is 10.1 Å². The number of esters is 1. The third-order valence-corrected chi connectivity index (χ3v) is 2.71. The van der Waals surface area contributed by atoms with E-state index in [-0.39, 0.29) is 24.3 Å². The van der Waals surface area contributed by atoms with E-state index < -0.39 is 21.8 Å². The Bertz CT molecular complexity index is 493. The van der Waals surface area contributed by atoms with E-state index >= 15 is 0 Å². The van der Waals surface area contributed by atoms with Crippen LogP contribution in [0.4, 0.5) is 0 Å². The van der Waals surface area contributed by atoms with E-state index in [0.717, 1.165) is 0 Å². The number of carbonyl (C=O) groups excluding carboxylic acids is 1. The molecule has 0 spiro atoms. The van der Waals surface area contributed by atoms with Gasteiger partial charge in [0, 0.05) is 0 Å². The summed E-state index contributed by atoms with van der Waals surface area (Å²) in [5, 5.41) is 9.33. The molecular weight excluding hydrogens is 248 g/mol. The van der Waals surface area contributed by atoms with E-state index in [2.05, 4.69) is 0 Å². The minimum absolute atomic E-state index is 0.00182. The SMILES string of the molecule is O=C(OCCCS(=O)(=O)O)c1ccccc1O. The predicted molar refractivity (Wildman–Crippen MR) is 59.4 cm³/mol. The lowest BCUT2D eigenvalue weighted by molar-refractivity contribution is 0.0502. The molecule has 0 unspecified atom stereocenters. The number of carbonyl (C=O) groups is 1. The van der Waals surface area contributed by atoms with Crippen molar-refractivity contribution in [2.75, 3.05) is 12.4 Å². The summed E-state index contributed by atoms with van der Waals surface area (Å²) >= 11 is 0. The van der Waals surface area contributed by atoms with Crippen molar-refractivity contribution in [2.24, 2.45) is 0 Å². The Morgan fingerprint density at radius 1 is 1.29 bits per heavy atom. The summed E-state index contributed by atoms with van der Waals surface area (Å²) in [6, 6.07) is 5.86. The lowest BCUT2D eigenvalue weighted by atomic mass is 10.2. The number of ether oxygens (including phenoxy) is 1. The van der Waals surface area contributed by atoms with Crippen molar-refractivity contribution in [1.82, 2.24) is 0 Å². The number of para-hydroxylation sites is 1. The van der Waals surface area contributed by atoms with Gasteiger partial charge in [-0.25, -0.2) is 4.79 Å². The van der Waals surface area contributed by atoms with Crippen molar-refractivity contribution in [3.8, 4) is 5.75 Å². The number of benzene rings is 1. The Labute approximate surface area is 98.6 Å². The lowest BCUT2D eigenvalue weighted by Crippen LogP contribution is -2.11. The molecule has 1 rings (SSSR count). The van der Waals surface area contributed by atoms with Crippen molar-refractivity contribution >= 4 is 16.1 Å². The summed E-state index contributed by atoms with van der Waals surface area (Å²) in [7, 11) is -4.04. The van der Waals surface area contributed by atoms with Crippen LogP contribution in [0.1, 0.15) is 16.8 Å². The highest BCUT2D eigenvalue weighted by molar-refractivity contribution is 7.85. The average molecular weight is 260 g/mol. The summed E-state index contributed by atoms with van der Waals surface area (Å²) < 4.78 is 33.9. The molecule has 17 heavy (non-hydrogen) atoms. The van der Waals surface area contributed by atoms with Crippen LogP contribution in [-0.2, 0) is 14.9 Å². The molecule has 1 aromatic carbocycles. The second-order valence-corrected chi connectivity index (χ2v) is 4.86. The van der Waals surface area contributed by atoms with Gasteiger partial charge in [-0.15, -0.1) is 0 Å². The molecule has 0 radical (unpaired) electrons. The van der Waals surface area contributed by atoms with Gasteiger partial charge in [-0.05, 0) is 18.6 Å². The second kappa shape index (κ2) is 5.65. The molecule has 0 saturated heterocycles. The van der Waals surface area contributed by atoms with Crippen LogP contribution in [0.5, 0.6) is 5.75 Å². The molecule has 0 saturated carbocycles. The maximum Gasteiger partial charge on any atom is 0.341 e. The molecule has 0 atom stereocenters. The van der Waals surface area contributed by atoms with Crippen LogP contribution in [-0.4, -0.2) is 36.4 Å². The third kappa shape index (κ3) is 4.83. The van der Waals surface area contributed by atoms with Crippen LogP contribution in [0.15, 0.2) is 24.3 Å². The maximum atomic E-state index is 11.4. The first-order valence-corrected chi connectivity index (χ1v) is 6.41. The van der Waals surface area contributed by atoms with E-state index in [1.165, 1.54) is 12.1 Å². The minimum atomic E-state index is -4.04. The Morgan fingerprint density at radius 2 is 1.94 bits per heavy atom. The van der Waals surface area contributed by atoms with Gasteiger partial charge in [0.2, 0.25) is 0 Å². The van der Waals surface area contributed by atoms with E-state index in [1.807, 2.05) is 0 Å². The van der Waals surface area contributed by atoms with Gasteiger partial charge in [-0.3, -0.25) is 4.55 Å². The maximum absolute atomic E-state index is 11.4. The third-order valence-electron chi connectivity index (χ3n) is 1.90. The van der Waals surface area contributed by atoms with Crippen LogP contribution in [0.3, 0.4) is 0 Å². The van der Waals surface area contributed by atoms with Gasteiger partial charge in [0.1, 0.15) is 11.3 Å². The lowest BCUT2D eigenvalue weighted by Gasteiger charge is -2.05. The van der Waals surface area contributed by atoms with Crippen molar-refractivity contribution < 1.29 is 27.6 Å². The summed E-state index contributed by atoms with van der Waals surface area (Å²) in [5.41, 5.74) is 0.0133. The predicted octanol–water partition coefficient (Wildman–Crippen LogP) is 0.827. The van der Waals surface area contributed by atoms with Crippen molar-refractivity contribution in [2.45, 2.75) is 6.42 Å². The fraction of sp³-hybridized carbons (Fsp3) is 0.300. The zero-order valence-electron chi connectivity index (χ0n) is 8.87. The number of hydrogen-bond acceptors (Lipinski definition) is 5. The van der Waals surface area contributed by atoms with Gasteiger partial charge in [-0.2, -0.15) is 8.42 Å². The van der Waals surface area contributed by atoms with Gasteiger partial charge in [-0.1, -0.05) is 12.1 Å². The molecule has 0 heterocycles. The number of aromatic hydroxyl groups is 1. The van der Waals surface area contributed by atoms with Gasteiger partial charge in [0.05, 0.1) is 12.4 Å². The standard InChI is InChI=1S/C10H12O6S/c11-9-5-2-1-4-8(9)10(12)16-6-3-7-17(13,14)15/h1-2,4-5,11H,3,6-7H2,(H,13,14,15). The van der Waals surface area contributed by atoms with E-state index in [9.17, 15) is 18.3 Å². The van der Waals surface area contributed by atoms with Crippen LogP contribution in [0, 0.1) is 0 Å². The Hall–Kier alpha value is -1.60. The van der Waals surface area contributed by atoms with Crippen LogP contribution in [0.25, 0.3) is 0 Å². The highest BCUT2D eigenvalue weighted by Gasteiger charge is 2.12. The highest BCUT2D eigenvalue weighted by atomic mass is 32.2. The Kier molecular flexibility index (Phi) is 4.47. The Balaban J connectivity index is 2.44. The molecule has 0 bridgehead atoms. The van der Waals surface area contributed by atoms with Gasteiger partial charge in [0.15, 0.2) is 0 Å². The molecule has 7 heteroatoms. The molecule has 0 aliphatic rings. The van der Waals surface area contributed by atoms with E-state index in [0.29, 0.717) is 0 Å². The van der Waals surface area contributed by atoms with Gasteiger partial charge >= 0.3 is 5.97 Å². The summed E-state index contributed by atoms with van der Waals surface area (Å²) in [5.74, 6) is -1.41. The number of rotatable bonds is 5. The fourth-order valence-electron chi connectivity index (χ4n) is 1.13. The molecule has 0 aliphatic carbocycles. The first-order chi connectivity index (χ1) is 7.90. The van der Waals surface area contributed by atoms with Crippen LogP contribution in [0.2, 0.25) is 0 Å². The summed E-state index contributed by atoms with van der Waals surface area (Å²) in [4.78, 5) is 11.4. The van der Waals surface area contributed by atoms with Crippen molar-refractivity contribution in [3.05, 3.63) is 29.8 Å². The van der Waals surface area contributed by atoms with Gasteiger partial charge < -0.3 is 9.84 Å². The molecule has 2 N–H and O–H groups in total. The monoisotopic (exact) mass is 260 g/mol. The van der Waals surface area contributed by atoms with Crippen LogP contribution < -0.4 is 0 Å². The molecule has 94 valence electrons. The highest BCUT2D eigenvalue weighted by Crippen LogP contribution is 2.16. The van der Waals surface area contributed by atoms with Crippen molar-refractivity contribution in [3.63, 3.8) is 0 Å². The largest absolute Gasteiger partial charge is 0.507 e. The molecule has 1 aromatic rings. The second-order valence-electron chi connectivity index (χ2n) is 3.29. The number of hydrogen-bond donors (Lipinski definition) is 2. The number of phenolic OH excluding ortho intramolecular Hbond substituents is 1. The first kappa shape index (κ1) is 13.5. The molecule has 0 aliphatic heterocycles. The summed E-state index contributed by atoms with van der Waals surface area (Å²) in [6.45, 7) is -0.146. The van der Waals surface area contributed by atoms with Crippen molar-refractivity contribution in [1.29, 1.82) is 0 Å². The first-order valence-electron chi connectivity index (χ1n) is 4.80. The van der Waals surface area contributed by atoms with E-state index in [4.69, 9.17) is 9.29 Å². The topological polar surface area (TPSA) is 101 Å². The molecule has 6 nitrogen and oxygen atoms in total. The minimum Gasteiger partial charge on any atom is -0.507 e. The molecule has 0 aromatic heterocycles. The Morgan fingerprint density at radius 3 is 2.53 bits per heavy atom.